The van der Waals surface area contributed by atoms with Crippen LogP contribution in [0.1, 0.15) is 5.56 Å². The number of benzene rings is 2. The molecule has 0 unspecified atom stereocenters. The van der Waals surface area contributed by atoms with Crippen molar-refractivity contribution in [2.75, 3.05) is 13.2 Å². The van der Waals surface area contributed by atoms with E-state index in [9.17, 15) is 9.59 Å². The van der Waals surface area contributed by atoms with Crippen molar-refractivity contribution in [3.05, 3.63) is 70.8 Å². The minimum atomic E-state index is -0.481. The lowest BCUT2D eigenvalue weighted by Gasteiger charge is -2.10. The second kappa shape index (κ2) is 7.61. The minimum absolute atomic E-state index is 0.0793. The summed E-state index contributed by atoms with van der Waals surface area (Å²) in [7, 11) is 0. The standard InChI is InChI=1S/C19H18N2O4/c1-14-6-2-5-9-17(14)25-12-18(22)24-11-10-21-13-20-16-8-4-3-7-15(16)19(21)23/h2-9,13H,10-12H2,1H3. The van der Waals surface area contributed by atoms with Gasteiger partial charge in [-0.3, -0.25) is 9.36 Å². The average Bonchev–Trinajstić information content (AvgIpc) is 2.63. The molecule has 3 rings (SSSR count). The number of hydrogen-bond donors (Lipinski definition) is 0. The van der Waals surface area contributed by atoms with Gasteiger partial charge >= 0.3 is 5.97 Å². The molecule has 0 bridgehead atoms. The summed E-state index contributed by atoms with van der Waals surface area (Å²) in [5.41, 5.74) is 1.44. The van der Waals surface area contributed by atoms with E-state index in [1.54, 1.807) is 24.3 Å². The van der Waals surface area contributed by atoms with Crippen molar-refractivity contribution in [3.63, 3.8) is 0 Å². The molecular weight excluding hydrogens is 320 g/mol. The molecule has 0 atom stereocenters. The summed E-state index contributed by atoms with van der Waals surface area (Å²) in [6.45, 7) is 2.05. The van der Waals surface area contributed by atoms with Gasteiger partial charge in [-0.15, -0.1) is 0 Å². The van der Waals surface area contributed by atoms with E-state index in [1.165, 1.54) is 10.9 Å². The maximum Gasteiger partial charge on any atom is 0.344 e. The summed E-state index contributed by atoms with van der Waals surface area (Å²) in [6.07, 6.45) is 1.46. The van der Waals surface area contributed by atoms with Gasteiger partial charge in [0.15, 0.2) is 6.61 Å². The Morgan fingerprint density at radius 2 is 1.88 bits per heavy atom. The summed E-state index contributed by atoms with van der Waals surface area (Å²) in [4.78, 5) is 28.3. The van der Waals surface area contributed by atoms with Crippen molar-refractivity contribution >= 4 is 16.9 Å². The topological polar surface area (TPSA) is 70.4 Å². The van der Waals surface area contributed by atoms with Crippen LogP contribution in [-0.2, 0) is 16.1 Å². The van der Waals surface area contributed by atoms with Gasteiger partial charge in [-0.1, -0.05) is 30.3 Å². The fourth-order valence-electron chi connectivity index (χ4n) is 2.42. The molecule has 6 heteroatoms. The molecule has 0 spiro atoms. The fourth-order valence-corrected chi connectivity index (χ4v) is 2.42. The lowest BCUT2D eigenvalue weighted by Crippen LogP contribution is -2.24. The monoisotopic (exact) mass is 338 g/mol. The fraction of sp³-hybridized carbons (Fsp3) is 0.211. The number of para-hydroxylation sites is 2. The zero-order valence-corrected chi connectivity index (χ0v) is 13.8. The van der Waals surface area contributed by atoms with E-state index >= 15 is 0 Å². The average molecular weight is 338 g/mol. The maximum atomic E-state index is 12.3. The van der Waals surface area contributed by atoms with Gasteiger partial charge in [0.25, 0.3) is 5.56 Å². The van der Waals surface area contributed by atoms with Gasteiger partial charge in [0.2, 0.25) is 0 Å². The van der Waals surface area contributed by atoms with Crippen LogP contribution in [0.3, 0.4) is 0 Å². The van der Waals surface area contributed by atoms with Crippen LogP contribution in [0.5, 0.6) is 5.75 Å². The highest BCUT2D eigenvalue weighted by Crippen LogP contribution is 2.15. The minimum Gasteiger partial charge on any atom is -0.482 e. The van der Waals surface area contributed by atoms with E-state index in [-0.39, 0.29) is 25.3 Å². The van der Waals surface area contributed by atoms with E-state index in [1.807, 2.05) is 31.2 Å². The molecule has 0 fully saturated rings. The van der Waals surface area contributed by atoms with Gasteiger partial charge in [-0.2, -0.15) is 0 Å². The maximum absolute atomic E-state index is 12.3. The third-order valence-corrected chi connectivity index (χ3v) is 3.77. The molecule has 0 aliphatic heterocycles. The Balaban J connectivity index is 1.53. The molecule has 25 heavy (non-hydrogen) atoms. The first-order chi connectivity index (χ1) is 12.1. The molecule has 128 valence electrons. The second-order valence-electron chi connectivity index (χ2n) is 5.53. The number of fused-ring (bicyclic) bond motifs is 1. The number of ether oxygens (including phenoxy) is 2. The predicted octanol–water partition coefficient (Wildman–Crippen LogP) is 2.33. The molecule has 1 heterocycles. The predicted molar refractivity (Wildman–Crippen MR) is 93.6 cm³/mol. The Morgan fingerprint density at radius 3 is 2.72 bits per heavy atom. The smallest absolute Gasteiger partial charge is 0.344 e. The molecule has 0 amide bonds. The summed E-state index contributed by atoms with van der Waals surface area (Å²) in [6, 6.07) is 14.6. The number of nitrogens with zero attached hydrogens (tertiary/aromatic N) is 2. The van der Waals surface area contributed by atoms with Gasteiger partial charge in [-0.05, 0) is 30.7 Å². The molecule has 0 aliphatic carbocycles. The SMILES string of the molecule is Cc1ccccc1OCC(=O)OCCn1cnc2ccccc2c1=O. The Morgan fingerprint density at radius 1 is 1.12 bits per heavy atom. The normalized spacial score (nSPS) is 10.6. The summed E-state index contributed by atoms with van der Waals surface area (Å²) in [5, 5.41) is 0.541. The van der Waals surface area contributed by atoms with Gasteiger partial charge < -0.3 is 9.47 Å². The Bertz CT molecular complexity index is 949. The van der Waals surface area contributed by atoms with Crippen LogP contribution in [0.25, 0.3) is 10.9 Å². The van der Waals surface area contributed by atoms with Crippen LogP contribution in [0.15, 0.2) is 59.7 Å². The first-order valence-electron chi connectivity index (χ1n) is 7.93. The van der Waals surface area contributed by atoms with Crippen LogP contribution in [0, 0.1) is 6.92 Å². The third-order valence-electron chi connectivity index (χ3n) is 3.77. The summed E-state index contributed by atoms with van der Waals surface area (Å²) >= 11 is 0. The third kappa shape index (κ3) is 4.03. The Kier molecular flexibility index (Phi) is 5.09. The molecule has 0 radical (unpaired) electrons. The van der Waals surface area contributed by atoms with Crippen molar-refractivity contribution in [2.45, 2.75) is 13.5 Å². The lowest BCUT2D eigenvalue weighted by molar-refractivity contribution is -0.146. The molecule has 0 saturated heterocycles. The van der Waals surface area contributed by atoms with Crippen molar-refractivity contribution < 1.29 is 14.3 Å². The van der Waals surface area contributed by atoms with Crippen LogP contribution in [0.2, 0.25) is 0 Å². The van der Waals surface area contributed by atoms with Gasteiger partial charge in [0.1, 0.15) is 12.4 Å². The highest BCUT2D eigenvalue weighted by atomic mass is 16.6. The van der Waals surface area contributed by atoms with Crippen LogP contribution in [-0.4, -0.2) is 28.7 Å². The van der Waals surface area contributed by atoms with E-state index < -0.39 is 5.97 Å². The summed E-state index contributed by atoms with van der Waals surface area (Å²) < 4.78 is 12.0. The zero-order chi connectivity index (χ0) is 17.6. The molecular formula is C19H18N2O4. The van der Waals surface area contributed by atoms with Crippen molar-refractivity contribution in [1.82, 2.24) is 9.55 Å². The molecule has 3 aromatic rings. The van der Waals surface area contributed by atoms with Gasteiger partial charge in [0.05, 0.1) is 23.8 Å². The van der Waals surface area contributed by atoms with Crippen molar-refractivity contribution in [2.24, 2.45) is 0 Å². The van der Waals surface area contributed by atoms with Crippen LogP contribution < -0.4 is 10.3 Å². The highest BCUT2D eigenvalue weighted by Gasteiger charge is 2.07. The van der Waals surface area contributed by atoms with E-state index in [0.29, 0.717) is 16.7 Å². The molecule has 0 aliphatic rings. The Labute approximate surface area is 144 Å². The molecule has 0 N–H and O–H groups in total. The second-order valence-corrected chi connectivity index (χ2v) is 5.53. The van der Waals surface area contributed by atoms with E-state index in [0.717, 1.165) is 5.56 Å². The summed E-state index contributed by atoms with van der Waals surface area (Å²) in [5.74, 6) is 0.166. The van der Waals surface area contributed by atoms with Crippen LogP contribution >= 0.6 is 0 Å². The first kappa shape index (κ1) is 16.7. The van der Waals surface area contributed by atoms with Gasteiger partial charge in [-0.25, -0.2) is 9.78 Å². The highest BCUT2D eigenvalue weighted by molar-refractivity contribution is 5.76. The van der Waals surface area contributed by atoms with Gasteiger partial charge in [0, 0.05) is 0 Å². The number of carbonyl (C=O) groups excluding carboxylic acids is 1. The zero-order valence-electron chi connectivity index (χ0n) is 13.8. The molecule has 0 saturated carbocycles. The molecule has 2 aromatic carbocycles. The Hall–Kier alpha value is -3.15. The van der Waals surface area contributed by atoms with Crippen molar-refractivity contribution in [3.8, 4) is 5.75 Å². The van der Waals surface area contributed by atoms with Crippen molar-refractivity contribution in [1.29, 1.82) is 0 Å². The van der Waals surface area contributed by atoms with E-state index in [2.05, 4.69) is 4.98 Å². The first-order valence-corrected chi connectivity index (χ1v) is 7.93. The number of rotatable bonds is 6. The largest absolute Gasteiger partial charge is 0.482 e. The quantitative estimate of drug-likeness (QED) is 0.645. The number of carbonyl (C=O) groups is 1. The molecule has 6 nitrogen and oxygen atoms in total. The number of hydrogen-bond acceptors (Lipinski definition) is 5. The number of aryl methyl sites for hydroxylation is 1. The van der Waals surface area contributed by atoms with Crippen LogP contribution in [0.4, 0.5) is 0 Å². The van der Waals surface area contributed by atoms with E-state index in [4.69, 9.17) is 9.47 Å². The number of aromatic nitrogens is 2. The number of esters is 1. The molecule has 1 aromatic heterocycles. The lowest BCUT2D eigenvalue weighted by atomic mass is 10.2.